The molecule has 0 aliphatic heterocycles. The van der Waals surface area contributed by atoms with E-state index in [4.69, 9.17) is 16.8 Å². The fourth-order valence-corrected chi connectivity index (χ4v) is 2.58. The molecule has 1 heterocycles. The summed E-state index contributed by atoms with van der Waals surface area (Å²) >= 11 is 6.07. The molecule has 0 saturated heterocycles. The molecule has 3 aromatic rings. The number of hydrogen-bond acceptors (Lipinski definition) is 4. The number of nitrogens with zero attached hydrogens (tertiary/aromatic N) is 1. The average Bonchev–Trinajstić information content (AvgIpc) is 2.55. The van der Waals surface area contributed by atoms with E-state index < -0.39 is 0 Å². The quantitative estimate of drug-likeness (QED) is 0.484. The van der Waals surface area contributed by atoms with Crippen LogP contribution in [-0.2, 0) is 6.42 Å². The van der Waals surface area contributed by atoms with Crippen molar-refractivity contribution in [3.63, 3.8) is 0 Å². The number of nitrogens with one attached hydrogen (secondary N) is 2. The van der Waals surface area contributed by atoms with Gasteiger partial charge >= 0.3 is 0 Å². The Morgan fingerprint density at radius 2 is 1.82 bits per heavy atom. The van der Waals surface area contributed by atoms with Gasteiger partial charge in [0.1, 0.15) is 5.15 Å². The molecule has 0 aliphatic rings. The van der Waals surface area contributed by atoms with Crippen molar-refractivity contribution >= 4 is 33.9 Å². The number of fused-ring (bicyclic) bond motifs is 1. The minimum atomic E-state index is 0.486. The summed E-state index contributed by atoms with van der Waals surface area (Å²) in [6.07, 6.45) is 0.875. The molecule has 5 heteroatoms. The van der Waals surface area contributed by atoms with Gasteiger partial charge in [0.05, 0.1) is 11.2 Å². The van der Waals surface area contributed by atoms with Crippen LogP contribution in [-0.4, -0.2) is 16.7 Å². The monoisotopic (exact) mass is 313 g/mol. The van der Waals surface area contributed by atoms with Crippen molar-refractivity contribution in [2.45, 2.75) is 6.42 Å². The molecule has 0 radical (unpaired) electrons. The predicted octanol–water partition coefficient (Wildman–Crippen LogP) is 4.34. The molecule has 0 fully saturated rings. The van der Waals surface area contributed by atoms with Crippen LogP contribution in [0.25, 0.3) is 10.9 Å². The summed E-state index contributed by atoms with van der Waals surface area (Å²) in [7, 11) is 0. The smallest absolute Gasteiger partial charge is 0.131 e. The Morgan fingerprint density at radius 3 is 2.59 bits per heavy atom. The molecule has 3 rings (SSSR count). The van der Waals surface area contributed by atoms with Crippen molar-refractivity contribution in [3.05, 3.63) is 65.3 Å². The van der Waals surface area contributed by atoms with Gasteiger partial charge in [-0.15, -0.1) is 0 Å². The SMILES string of the molecule is ONc1ccc(CCNc2cc(Cl)nc3ccccc23)cc1. The second kappa shape index (κ2) is 6.64. The third kappa shape index (κ3) is 3.30. The first-order chi connectivity index (χ1) is 10.8. The second-order valence-electron chi connectivity index (χ2n) is 5.00. The van der Waals surface area contributed by atoms with Gasteiger partial charge in [0, 0.05) is 17.6 Å². The topological polar surface area (TPSA) is 57.2 Å². The summed E-state index contributed by atoms with van der Waals surface area (Å²) in [6.45, 7) is 0.788. The minimum absolute atomic E-state index is 0.486. The van der Waals surface area contributed by atoms with Crippen LogP contribution >= 0.6 is 11.6 Å². The number of hydrogen-bond donors (Lipinski definition) is 3. The molecule has 22 heavy (non-hydrogen) atoms. The van der Waals surface area contributed by atoms with E-state index in [0.29, 0.717) is 10.8 Å². The van der Waals surface area contributed by atoms with Crippen molar-refractivity contribution in [3.8, 4) is 0 Å². The van der Waals surface area contributed by atoms with Gasteiger partial charge in [-0.25, -0.2) is 4.98 Å². The van der Waals surface area contributed by atoms with Crippen LogP contribution in [0.15, 0.2) is 54.6 Å². The lowest BCUT2D eigenvalue weighted by Crippen LogP contribution is -2.05. The lowest BCUT2D eigenvalue weighted by atomic mass is 10.1. The molecular weight excluding hydrogens is 298 g/mol. The zero-order chi connectivity index (χ0) is 15.4. The van der Waals surface area contributed by atoms with Crippen molar-refractivity contribution in [1.82, 2.24) is 4.98 Å². The van der Waals surface area contributed by atoms with Gasteiger partial charge in [-0.1, -0.05) is 41.9 Å². The molecule has 0 bridgehead atoms. The molecule has 0 unspecified atom stereocenters. The van der Waals surface area contributed by atoms with E-state index in [1.54, 1.807) is 0 Å². The summed E-state index contributed by atoms with van der Waals surface area (Å²) < 4.78 is 0. The van der Waals surface area contributed by atoms with Crippen molar-refractivity contribution in [1.29, 1.82) is 0 Å². The summed E-state index contributed by atoms with van der Waals surface area (Å²) in [5.41, 5.74) is 5.87. The van der Waals surface area contributed by atoms with Crippen LogP contribution in [0.5, 0.6) is 0 Å². The summed E-state index contributed by atoms with van der Waals surface area (Å²) in [6, 6.07) is 17.4. The molecule has 0 atom stereocenters. The third-order valence-electron chi connectivity index (χ3n) is 3.50. The average molecular weight is 314 g/mol. The molecule has 1 aromatic heterocycles. The Hall–Kier alpha value is -2.30. The number of anilines is 2. The molecular formula is C17H16ClN3O. The van der Waals surface area contributed by atoms with E-state index in [-0.39, 0.29) is 0 Å². The van der Waals surface area contributed by atoms with Crippen LogP contribution in [0.3, 0.4) is 0 Å². The van der Waals surface area contributed by atoms with Crippen molar-refractivity contribution in [2.24, 2.45) is 0 Å². The number of pyridine rings is 1. The zero-order valence-electron chi connectivity index (χ0n) is 11.9. The fraction of sp³-hybridized carbons (Fsp3) is 0.118. The number of para-hydroxylation sites is 1. The normalized spacial score (nSPS) is 10.6. The zero-order valence-corrected chi connectivity index (χ0v) is 12.6. The van der Waals surface area contributed by atoms with E-state index in [1.165, 1.54) is 5.56 Å². The van der Waals surface area contributed by atoms with Gasteiger partial charge in [-0.2, -0.15) is 0 Å². The van der Waals surface area contributed by atoms with Crippen LogP contribution < -0.4 is 10.8 Å². The Balaban J connectivity index is 1.71. The fourth-order valence-electron chi connectivity index (χ4n) is 2.38. The van der Waals surface area contributed by atoms with E-state index in [2.05, 4.69) is 15.8 Å². The summed E-state index contributed by atoms with van der Waals surface area (Å²) in [5, 5.41) is 13.8. The molecule has 3 N–H and O–H groups in total. The van der Waals surface area contributed by atoms with E-state index >= 15 is 0 Å². The van der Waals surface area contributed by atoms with Gasteiger partial charge in [-0.3, -0.25) is 10.7 Å². The lowest BCUT2D eigenvalue weighted by molar-refractivity contribution is 0.389. The highest BCUT2D eigenvalue weighted by Crippen LogP contribution is 2.25. The van der Waals surface area contributed by atoms with Gasteiger partial charge < -0.3 is 5.32 Å². The highest BCUT2D eigenvalue weighted by molar-refractivity contribution is 6.30. The first kappa shape index (κ1) is 14.6. The van der Waals surface area contributed by atoms with Gasteiger partial charge in [0.15, 0.2) is 0 Å². The molecule has 0 saturated carbocycles. The van der Waals surface area contributed by atoms with Crippen molar-refractivity contribution in [2.75, 3.05) is 17.3 Å². The lowest BCUT2D eigenvalue weighted by Gasteiger charge is -2.10. The van der Waals surface area contributed by atoms with Gasteiger partial charge in [0.2, 0.25) is 0 Å². The molecule has 112 valence electrons. The van der Waals surface area contributed by atoms with Crippen LogP contribution in [0.2, 0.25) is 5.15 Å². The number of rotatable bonds is 5. The Labute approximate surface area is 133 Å². The Bertz CT molecular complexity index is 774. The first-order valence-corrected chi connectivity index (χ1v) is 7.42. The predicted molar refractivity (Wildman–Crippen MR) is 90.8 cm³/mol. The molecule has 0 spiro atoms. The van der Waals surface area contributed by atoms with Gasteiger partial charge in [-0.05, 0) is 36.2 Å². The maximum atomic E-state index is 8.80. The van der Waals surface area contributed by atoms with Crippen molar-refractivity contribution < 1.29 is 5.21 Å². The highest BCUT2D eigenvalue weighted by atomic mass is 35.5. The van der Waals surface area contributed by atoms with E-state index in [9.17, 15) is 0 Å². The van der Waals surface area contributed by atoms with Crippen LogP contribution in [0.4, 0.5) is 11.4 Å². The molecule has 4 nitrogen and oxygen atoms in total. The van der Waals surface area contributed by atoms with E-state index in [0.717, 1.165) is 29.6 Å². The van der Waals surface area contributed by atoms with Crippen LogP contribution in [0.1, 0.15) is 5.56 Å². The standard InChI is InChI=1S/C17H16ClN3O/c18-17-11-16(14-3-1-2-4-15(14)20-17)19-10-9-12-5-7-13(21-22)8-6-12/h1-8,11,21-22H,9-10H2,(H,19,20). The van der Waals surface area contributed by atoms with Crippen LogP contribution in [0, 0.1) is 0 Å². The minimum Gasteiger partial charge on any atom is -0.384 e. The maximum absolute atomic E-state index is 8.80. The summed E-state index contributed by atoms with van der Waals surface area (Å²) in [5.74, 6) is 0. The molecule has 2 aromatic carbocycles. The second-order valence-corrected chi connectivity index (χ2v) is 5.38. The summed E-state index contributed by atoms with van der Waals surface area (Å²) in [4.78, 5) is 4.32. The van der Waals surface area contributed by atoms with E-state index in [1.807, 2.05) is 54.6 Å². The number of aromatic nitrogens is 1. The van der Waals surface area contributed by atoms with Gasteiger partial charge in [0.25, 0.3) is 0 Å². The highest BCUT2D eigenvalue weighted by Gasteiger charge is 2.04. The maximum Gasteiger partial charge on any atom is 0.131 e. The molecule has 0 amide bonds. The Kier molecular flexibility index (Phi) is 4.42. The first-order valence-electron chi connectivity index (χ1n) is 7.04. The number of halogens is 1. The largest absolute Gasteiger partial charge is 0.384 e. The number of benzene rings is 2. The Morgan fingerprint density at radius 1 is 1.05 bits per heavy atom. The third-order valence-corrected chi connectivity index (χ3v) is 3.69. The molecule has 0 aliphatic carbocycles.